The van der Waals surface area contributed by atoms with Gasteiger partial charge in [-0.15, -0.1) is 18.0 Å². The lowest BCUT2D eigenvalue weighted by atomic mass is 9.93. The van der Waals surface area contributed by atoms with E-state index < -0.39 is 0 Å². The first-order valence-electron chi connectivity index (χ1n) is 5.65. The Hall–Kier alpha value is -1.46. The number of halogens is 1. The van der Waals surface area contributed by atoms with Crippen molar-refractivity contribution >= 4 is 17.5 Å². The van der Waals surface area contributed by atoms with Crippen LogP contribution in [-0.2, 0) is 11.2 Å². The van der Waals surface area contributed by atoms with E-state index in [4.69, 9.17) is 18.0 Å². The fourth-order valence-corrected chi connectivity index (χ4v) is 2.48. The molecule has 0 fully saturated rings. The van der Waals surface area contributed by atoms with Gasteiger partial charge in [0.25, 0.3) is 0 Å². The van der Waals surface area contributed by atoms with Crippen LogP contribution in [0.3, 0.4) is 0 Å². The van der Waals surface area contributed by atoms with Crippen LogP contribution in [0.25, 0.3) is 0 Å². The molecule has 0 radical (unpaired) electrons. The summed E-state index contributed by atoms with van der Waals surface area (Å²) in [6.45, 7) is 0. The number of aryl methyl sites for hydroxylation is 1. The molecule has 1 aromatic rings. The van der Waals surface area contributed by atoms with Gasteiger partial charge in [-0.1, -0.05) is 30.2 Å². The van der Waals surface area contributed by atoms with E-state index >= 15 is 0 Å². The summed E-state index contributed by atoms with van der Waals surface area (Å²) in [6.07, 6.45) is 7.51. The second kappa shape index (κ2) is 5.25. The summed E-state index contributed by atoms with van der Waals surface area (Å²) in [5.41, 5.74) is 2.59. The third-order valence-corrected chi connectivity index (χ3v) is 3.44. The zero-order chi connectivity index (χ0) is 12.3. The molecule has 0 bridgehead atoms. The molecular weight excluding hydrogens is 234 g/mol. The Morgan fingerprint density at radius 2 is 2.35 bits per heavy atom. The summed E-state index contributed by atoms with van der Waals surface area (Å²) in [6, 6.07) is 7.98. The van der Waals surface area contributed by atoms with Crippen molar-refractivity contribution in [2.75, 3.05) is 5.88 Å². The summed E-state index contributed by atoms with van der Waals surface area (Å²) in [5, 5.41) is 2.79. The summed E-state index contributed by atoms with van der Waals surface area (Å²) in [5.74, 6) is 2.61. The van der Waals surface area contributed by atoms with E-state index in [2.05, 4.69) is 23.4 Å². The monoisotopic (exact) mass is 247 g/mol. The van der Waals surface area contributed by atoms with E-state index in [9.17, 15) is 4.79 Å². The topological polar surface area (TPSA) is 29.1 Å². The van der Waals surface area contributed by atoms with Crippen LogP contribution in [0.2, 0.25) is 0 Å². The molecule has 1 aliphatic rings. The molecule has 2 unspecified atom stereocenters. The van der Waals surface area contributed by atoms with Gasteiger partial charge in [0, 0.05) is 5.92 Å². The standard InChI is InChI=1S/C14H14ClNO/c1-2-13(16-14(17)9-15)12-8-7-10-5-3-4-6-11(10)12/h1,3-6,12-13H,7-9H2,(H,16,17). The quantitative estimate of drug-likeness (QED) is 0.643. The highest BCUT2D eigenvalue weighted by Gasteiger charge is 2.29. The molecule has 0 aromatic heterocycles. The molecule has 3 heteroatoms. The van der Waals surface area contributed by atoms with Gasteiger partial charge in [0.15, 0.2) is 0 Å². The average molecular weight is 248 g/mol. The number of hydrogen-bond donors (Lipinski definition) is 1. The van der Waals surface area contributed by atoms with Crippen molar-refractivity contribution in [1.82, 2.24) is 5.32 Å². The van der Waals surface area contributed by atoms with Gasteiger partial charge in [0.05, 0.1) is 6.04 Å². The van der Waals surface area contributed by atoms with Crippen molar-refractivity contribution in [3.8, 4) is 12.3 Å². The van der Waals surface area contributed by atoms with Crippen molar-refractivity contribution < 1.29 is 4.79 Å². The molecule has 0 spiro atoms. The van der Waals surface area contributed by atoms with Gasteiger partial charge in [-0.25, -0.2) is 0 Å². The van der Waals surface area contributed by atoms with Crippen LogP contribution in [0.1, 0.15) is 23.5 Å². The van der Waals surface area contributed by atoms with Crippen LogP contribution in [-0.4, -0.2) is 17.8 Å². The predicted octanol–water partition coefficient (Wildman–Crippen LogP) is 2.07. The largest absolute Gasteiger partial charge is 0.341 e. The van der Waals surface area contributed by atoms with Gasteiger partial charge in [0.1, 0.15) is 5.88 Å². The number of carbonyl (C=O) groups is 1. The van der Waals surface area contributed by atoms with Crippen LogP contribution in [0.4, 0.5) is 0 Å². The normalized spacial score (nSPS) is 19.2. The maximum atomic E-state index is 11.3. The van der Waals surface area contributed by atoms with E-state index in [1.807, 2.05) is 12.1 Å². The van der Waals surface area contributed by atoms with E-state index in [-0.39, 0.29) is 23.7 Å². The fourth-order valence-electron chi connectivity index (χ4n) is 2.41. The number of alkyl halides is 1. The molecule has 0 saturated carbocycles. The van der Waals surface area contributed by atoms with Crippen molar-refractivity contribution in [2.45, 2.75) is 24.8 Å². The first-order valence-corrected chi connectivity index (χ1v) is 6.19. The number of rotatable bonds is 3. The average Bonchev–Trinajstić information content (AvgIpc) is 2.79. The number of carbonyl (C=O) groups excluding carboxylic acids is 1. The maximum Gasteiger partial charge on any atom is 0.235 e. The third-order valence-electron chi connectivity index (χ3n) is 3.20. The Kier molecular flexibility index (Phi) is 3.71. The number of hydrogen-bond acceptors (Lipinski definition) is 1. The van der Waals surface area contributed by atoms with E-state index in [1.165, 1.54) is 11.1 Å². The van der Waals surface area contributed by atoms with Gasteiger partial charge in [-0.2, -0.15) is 0 Å². The summed E-state index contributed by atoms with van der Waals surface area (Å²) in [4.78, 5) is 11.3. The van der Waals surface area contributed by atoms with Crippen LogP contribution >= 0.6 is 11.6 Å². The molecule has 0 heterocycles. The highest BCUT2D eigenvalue weighted by atomic mass is 35.5. The Bertz CT molecular complexity index is 464. The van der Waals surface area contributed by atoms with Gasteiger partial charge in [0.2, 0.25) is 5.91 Å². The Morgan fingerprint density at radius 3 is 3.06 bits per heavy atom. The molecule has 1 N–H and O–H groups in total. The molecule has 0 aliphatic heterocycles. The molecule has 2 atom stereocenters. The smallest absolute Gasteiger partial charge is 0.235 e. The highest BCUT2D eigenvalue weighted by molar-refractivity contribution is 6.27. The first-order chi connectivity index (χ1) is 8.26. The van der Waals surface area contributed by atoms with Crippen molar-refractivity contribution in [3.63, 3.8) is 0 Å². The van der Waals surface area contributed by atoms with Crippen LogP contribution in [0.5, 0.6) is 0 Å². The Balaban J connectivity index is 2.18. The molecule has 1 amide bonds. The van der Waals surface area contributed by atoms with Crippen LogP contribution in [0, 0.1) is 12.3 Å². The van der Waals surface area contributed by atoms with Gasteiger partial charge in [-0.05, 0) is 24.0 Å². The zero-order valence-corrected chi connectivity index (χ0v) is 10.2. The van der Waals surface area contributed by atoms with Crippen LogP contribution < -0.4 is 5.32 Å². The molecule has 88 valence electrons. The minimum atomic E-state index is -0.259. The second-order valence-corrected chi connectivity index (χ2v) is 4.46. The lowest BCUT2D eigenvalue weighted by Crippen LogP contribution is -2.38. The summed E-state index contributed by atoms with van der Waals surface area (Å²) < 4.78 is 0. The molecule has 17 heavy (non-hydrogen) atoms. The number of benzene rings is 1. The molecule has 2 rings (SSSR count). The van der Waals surface area contributed by atoms with E-state index in [0.717, 1.165) is 12.8 Å². The van der Waals surface area contributed by atoms with E-state index in [1.54, 1.807) is 0 Å². The van der Waals surface area contributed by atoms with E-state index in [0.29, 0.717) is 0 Å². The Morgan fingerprint density at radius 1 is 1.59 bits per heavy atom. The number of amides is 1. The number of terminal acetylenes is 1. The summed E-state index contributed by atoms with van der Waals surface area (Å²) >= 11 is 5.48. The molecule has 1 aromatic carbocycles. The zero-order valence-electron chi connectivity index (χ0n) is 9.45. The first kappa shape index (κ1) is 12.0. The van der Waals surface area contributed by atoms with Crippen molar-refractivity contribution in [3.05, 3.63) is 35.4 Å². The molecule has 2 nitrogen and oxygen atoms in total. The second-order valence-electron chi connectivity index (χ2n) is 4.19. The van der Waals surface area contributed by atoms with Gasteiger partial charge >= 0.3 is 0 Å². The fraction of sp³-hybridized carbons (Fsp3) is 0.357. The minimum absolute atomic E-state index is 0.0491. The molecule has 1 aliphatic carbocycles. The maximum absolute atomic E-state index is 11.3. The minimum Gasteiger partial charge on any atom is -0.341 e. The Labute approximate surface area is 106 Å². The highest BCUT2D eigenvalue weighted by Crippen LogP contribution is 2.35. The SMILES string of the molecule is C#CC(NC(=O)CCl)C1CCc2ccccc21. The van der Waals surface area contributed by atoms with Gasteiger partial charge < -0.3 is 5.32 Å². The van der Waals surface area contributed by atoms with Gasteiger partial charge in [-0.3, -0.25) is 4.79 Å². The van der Waals surface area contributed by atoms with Crippen molar-refractivity contribution in [2.24, 2.45) is 0 Å². The summed E-state index contributed by atoms with van der Waals surface area (Å²) in [7, 11) is 0. The number of fused-ring (bicyclic) bond motifs is 1. The molecular formula is C14H14ClNO. The van der Waals surface area contributed by atoms with Crippen molar-refractivity contribution in [1.29, 1.82) is 0 Å². The van der Waals surface area contributed by atoms with Crippen LogP contribution in [0.15, 0.2) is 24.3 Å². The third kappa shape index (κ3) is 2.45. The lowest BCUT2D eigenvalue weighted by molar-refractivity contribution is -0.119. The predicted molar refractivity (Wildman–Crippen MR) is 69.0 cm³/mol. The number of nitrogens with one attached hydrogen (secondary N) is 1. The molecule has 0 saturated heterocycles. The lowest BCUT2D eigenvalue weighted by Gasteiger charge is -2.20.